The summed E-state index contributed by atoms with van der Waals surface area (Å²) >= 11 is 0. The third-order valence-corrected chi connectivity index (χ3v) is 8.78. The first kappa shape index (κ1) is 18.9. The van der Waals surface area contributed by atoms with E-state index in [2.05, 4.69) is 11.8 Å². The lowest BCUT2D eigenvalue weighted by atomic mass is 9.95. The van der Waals surface area contributed by atoms with Gasteiger partial charge in [-0.25, -0.2) is 8.42 Å². The molecule has 2 aliphatic heterocycles. The standard InChI is InChI=1S/C20H32N2O2S/c1-14-15(2)17(4)20(18(5)16(14)3)25(23,24)22-12-8-19(9-13-22)21-10-6-7-11-21/h19H,6-13H2,1-5H3. The number of piperidine rings is 1. The van der Waals surface area contributed by atoms with Crippen LogP contribution in [0, 0.1) is 34.6 Å². The molecule has 0 radical (unpaired) electrons. The second-order valence-corrected chi connectivity index (χ2v) is 9.71. The Morgan fingerprint density at radius 3 is 1.64 bits per heavy atom. The van der Waals surface area contributed by atoms with Crippen molar-refractivity contribution in [3.05, 3.63) is 27.8 Å². The van der Waals surface area contributed by atoms with Crippen molar-refractivity contribution in [3.63, 3.8) is 0 Å². The zero-order valence-corrected chi connectivity index (χ0v) is 17.2. The van der Waals surface area contributed by atoms with Gasteiger partial charge in [0, 0.05) is 19.1 Å². The minimum absolute atomic E-state index is 0.549. The maximum atomic E-state index is 13.4. The lowest BCUT2D eigenvalue weighted by molar-refractivity contribution is 0.168. The van der Waals surface area contributed by atoms with E-state index < -0.39 is 10.0 Å². The van der Waals surface area contributed by atoms with Gasteiger partial charge in [-0.1, -0.05) is 0 Å². The number of sulfonamides is 1. The molecule has 0 N–H and O–H groups in total. The van der Waals surface area contributed by atoms with Crippen molar-refractivity contribution >= 4 is 10.0 Å². The zero-order chi connectivity index (χ0) is 18.4. The molecule has 25 heavy (non-hydrogen) atoms. The van der Waals surface area contributed by atoms with Gasteiger partial charge in [0.05, 0.1) is 4.90 Å². The fourth-order valence-corrected chi connectivity index (χ4v) is 6.57. The summed E-state index contributed by atoms with van der Waals surface area (Å²) in [6, 6.07) is 0.567. The molecule has 3 rings (SSSR count). The average molecular weight is 365 g/mol. The Morgan fingerprint density at radius 2 is 1.16 bits per heavy atom. The van der Waals surface area contributed by atoms with Gasteiger partial charge in [0.25, 0.3) is 0 Å². The summed E-state index contributed by atoms with van der Waals surface area (Å²) in [7, 11) is -3.42. The molecule has 2 fully saturated rings. The molecule has 0 atom stereocenters. The van der Waals surface area contributed by atoms with Crippen LogP contribution in [0.15, 0.2) is 4.90 Å². The highest BCUT2D eigenvalue weighted by atomic mass is 32.2. The minimum atomic E-state index is -3.42. The molecule has 0 amide bonds. The van der Waals surface area contributed by atoms with Gasteiger partial charge in [-0.2, -0.15) is 4.31 Å². The first-order valence-corrected chi connectivity index (χ1v) is 11.0. The van der Waals surface area contributed by atoms with Crippen molar-refractivity contribution in [2.24, 2.45) is 0 Å². The van der Waals surface area contributed by atoms with E-state index in [-0.39, 0.29) is 0 Å². The van der Waals surface area contributed by atoms with Crippen LogP contribution in [0.2, 0.25) is 0 Å². The van der Waals surface area contributed by atoms with Crippen LogP contribution in [0.4, 0.5) is 0 Å². The summed E-state index contributed by atoms with van der Waals surface area (Å²) in [4.78, 5) is 3.11. The topological polar surface area (TPSA) is 40.6 Å². The molecule has 0 bridgehead atoms. The van der Waals surface area contributed by atoms with Gasteiger partial charge in [-0.05, 0) is 101 Å². The summed E-state index contributed by atoms with van der Waals surface area (Å²) in [5.74, 6) is 0. The smallest absolute Gasteiger partial charge is 0.243 e. The highest BCUT2D eigenvalue weighted by Gasteiger charge is 2.34. The first-order valence-electron chi connectivity index (χ1n) is 9.56. The van der Waals surface area contributed by atoms with E-state index >= 15 is 0 Å². The molecule has 5 heteroatoms. The lowest BCUT2D eigenvalue weighted by Crippen LogP contribution is -2.46. The largest absolute Gasteiger partial charge is 0.300 e. The number of hydrogen-bond donors (Lipinski definition) is 0. The van der Waals surface area contributed by atoms with E-state index in [0.29, 0.717) is 24.0 Å². The molecular weight excluding hydrogens is 332 g/mol. The van der Waals surface area contributed by atoms with Crippen LogP contribution in [-0.4, -0.2) is 49.8 Å². The summed E-state index contributed by atoms with van der Waals surface area (Å²) < 4.78 is 28.5. The normalized spacial score (nSPS) is 21.2. The number of hydrogen-bond acceptors (Lipinski definition) is 3. The Morgan fingerprint density at radius 1 is 0.720 bits per heavy atom. The number of rotatable bonds is 3. The predicted octanol–water partition coefficient (Wildman–Crippen LogP) is 3.48. The maximum Gasteiger partial charge on any atom is 0.243 e. The van der Waals surface area contributed by atoms with E-state index in [0.717, 1.165) is 35.1 Å². The van der Waals surface area contributed by atoms with Crippen molar-refractivity contribution < 1.29 is 8.42 Å². The van der Waals surface area contributed by atoms with Gasteiger partial charge in [0.2, 0.25) is 10.0 Å². The molecule has 0 aliphatic carbocycles. The third-order valence-electron chi connectivity index (χ3n) is 6.61. The Bertz CT molecular complexity index is 727. The van der Waals surface area contributed by atoms with Crippen LogP contribution >= 0.6 is 0 Å². The molecule has 0 saturated carbocycles. The van der Waals surface area contributed by atoms with Crippen LogP contribution < -0.4 is 0 Å². The van der Waals surface area contributed by atoms with Crippen LogP contribution in [0.1, 0.15) is 53.5 Å². The van der Waals surface area contributed by atoms with E-state index in [1.165, 1.54) is 31.5 Å². The SMILES string of the molecule is Cc1c(C)c(C)c(S(=O)(=O)N2CCC(N3CCCC3)CC2)c(C)c1C. The molecule has 2 heterocycles. The molecule has 2 aliphatic rings. The van der Waals surface area contributed by atoms with E-state index in [4.69, 9.17) is 0 Å². The van der Waals surface area contributed by atoms with Crippen molar-refractivity contribution in [2.75, 3.05) is 26.2 Å². The highest BCUT2D eigenvalue weighted by Crippen LogP contribution is 2.33. The molecule has 0 unspecified atom stereocenters. The Balaban J connectivity index is 1.86. The third kappa shape index (κ3) is 3.26. The molecule has 1 aromatic rings. The second-order valence-electron chi connectivity index (χ2n) is 7.83. The summed E-state index contributed by atoms with van der Waals surface area (Å²) in [5.41, 5.74) is 5.26. The summed E-state index contributed by atoms with van der Waals surface area (Å²) in [5, 5.41) is 0. The van der Waals surface area contributed by atoms with E-state index in [1.807, 2.05) is 27.7 Å². The van der Waals surface area contributed by atoms with Crippen molar-refractivity contribution in [2.45, 2.75) is 71.2 Å². The Labute approximate surface area is 153 Å². The fourth-order valence-electron chi connectivity index (χ4n) is 4.54. The quantitative estimate of drug-likeness (QED) is 0.824. The average Bonchev–Trinajstić information content (AvgIpc) is 3.13. The second kappa shape index (κ2) is 7.01. The van der Waals surface area contributed by atoms with Crippen LogP contribution in [0.3, 0.4) is 0 Å². The molecule has 0 spiro atoms. The van der Waals surface area contributed by atoms with E-state index in [9.17, 15) is 8.42 Å². The van der Waals surface area contributed by atoms with Gasteiger partial charge < -0.3 is 4.90 Å². The predicted molar refractivity (Wildman–Crippen MR) is 103 cm³/mol. The van der Waals surface area contributed by atoms with Crippen LogP contribution in [-0.2, 0) is 10.0 Å². The van der Waals surface area contributed by atoms with Gasteiger partial charge in [-0.3, -0.25) is 0 Å². The number of nitrogens with zero attached hydrogens (tertiary/aromatic N) is 2. The van der Waals surface area contributed by atoms with Gasteiger partial charge in [0.15, 0.2) is 0 Å². The number of benzene rings is 1. The van der Waals surface area contributed by atoms with Crippen molar-refractivity contribution in [3.8, 4) is 0 Å². The number of likely N-dealkylation sites (tertiary alicyclic amines) is 1. The summed E-state index contributed by atoms with van der Waals surface area (Å²) in [6.07, 6.45) is 4.50. The minimum Gasteiger partial charge on any atom is -0.300 e. The highest BCUT2D eigenvalue weighted by molar-refractivity contribution is 7.89. The molecule has 4 nitrogen and oxygen atoms in total. The summed E-state index contributed by atoms with van der Waals surface area (Å²) in [6.45, 7) is 13.7. The monoisotopic (exact) mass is 364 g/mol. The molecule has 0 aromatic heterocycles. The van der Waals surface area contributed by atoms with Crippen molar-refractivity contribution in [1.82, 2.24) is 9.21 Å². The van der Waals surface area contributed by atoms with Gasteiger partial charge >= 0.3 is 0 Å². The van der Waals surface area contributed by atoms with Gasteiger partial charge in [-0.15, -0.1) is 0 Å². The Hall–Kier alpha value is -0.910. The zero-order valence-electron chi connectivity index (χ0n) is 16.4. The maximum absolute atomic E-state index is 13.4. The first-order chi connectivity index (χ1) is 11.7. The molecule has 140 valence electrons. The molecule has 2 saturated heterocycles. The van der Waals surface area contributed by atoms with Gasteiger partial charge in [0.1, 0.15) is 0 Å². The fraction of sp³-hybridized carbons (Fsp3) is 0.700. The van der Waals surface area contributed by atoms with Crippen LogP contribution in [0.5, 0.6) is 0 Å². The van der Waals surface area contributed by atoms with Crippen molar-refractivity contribution in [1.29, 1.82) is 0 Å². The lowest BCUT2D eigenvalue weighted by Gasteiger charge is -2.36. The molecule has 1 aromatic carbocycles. The Kier molecular flexibility index (Phi) is 5.29. The molecular formula is C20H32N2O2S. The van der Waals surface area contributed by atoms with E-state index in [1.54, 1.807) is 4.31 Å². The van der Waals surface area contributed by atoms with Crippen LogP contribution in [0.25, 0.3) is 0 Å².